The Morgan fingerprint density at radius 3 is 1.65 bits per heavy atom. The molecule has 2 nitrogen and oxygen atoms in total. The lowest BCUT2D eigenvalue weighted by molar-refractivity contribution is -0.137. The van der Waals surface area contributed by atoms with Crippen LogP contribution in [0.2, 0.25) is 0 Å². The maximum absolute atomic E-state index is 12.8. The summed E-state index contributed by atoms with van der Waals surface area (Å²) in [6.45, 7) is 1.64. The van der Waals surface area contributed by atoms with Crippen molar-refractivity contribution in [3.8, 4) is 0 Å². The largest absolute Gasteiger partial charge is 0.454 e. The molecule has 0 saturated heterocycles. The minimum atomic E-state index is -4.40. The molecule has 1 unspecified atom stereocenters. The summed E-state index contributed by atoms with van der Waals surface area (Å²) in [7, 11) is -0.330. The molecule has 34 heavy (non-hydrogen) atoms. The van der Waals surface area contributed by atoms with Gasteiger partial charge in [-0.1, -0.05) is 48.5 Å². The van der Waals surface area contributed by atoms with E-state index in [4.69, 9.17) is 4.74 Å². The highest BCUT2D eigenvalue weighted by Gasteiger charge is 2.31. The van der Waals surface area contributed by atoms with Gasteiger partial charge in [0.25, 0.3) is 0 Å². The van der Waals surface area contributed by atoms with E-state index in [0.717, 1.165) is 17.0 Å². The van der Waals surface area contributed by atoms with Gasteiger partial charge in [-0.2, -0.15) is 13.2 Å². The summed E-state index contributed by atoms with van der Waals surface area (Å²) in [5.41, 5.74) is 0.137. The van der Waals surface area contributed by atoms with Crippen molar-refractivity contribution in [3.05, 3.63) is 126 Å². The van der Waals surface area contributed by atoms with Crippen LogP contribution < -0.4 is 0 Å². The Morgan fingerprint density at radius 2 is 1.18 bits per heavy atom. The summed E-state index contributed by atoms with van der Waals surface area (Å²) < 4.78 is 43.8. The SMILES string of the molecule is CC(OC(=O)c1ccc([S+](c2ccccc2)c2ccccc2)cc1)c1ccc(C(F)(F)F)cc1. The van der Waals surface area contributed by atoms with Gasteiger partial charge in [-0.3, -0.25) is 0 Å². The third-order valence-corrected chi connectivity index (χ3v) is 7.51. The first-order valence-electron chi connectivity index (χ1n) is 10.7. The number of esters is 1. The van der Waals surface area contributed by atoms with Crippen molar-refractivity contribution >= 4 is 16.9 Å². The quantitative estimate of drug-likeness (QED) is 0.209. The lowest BCUT2D eigenvalue weighted by Crippen LogP contribution is -2.11. The lowest BCUT2D eigenvalue weighted by atomic mass is 10.1. The molecule has 0 amide bonds. The van der Waals surface area contributed by atoms with Crippen molar-refractivity contribution in [2.45, 2.75) is 33.9 Å². The molecule has 0 heterocycles. The molecule has 0 bridgehead atoms. The molecule has 0 aliphatic rings. The summed E-state index contributed by atoms with van der Waals surface area (Å²) in [6.07, 6.45) is -5.09. The fourth-order valence-corrected chi connectivity index (χ4v) is 5.57. The molecule has 172 valence electrons. The Hall–Kier alpha value is -3.51. The van der Waals surface area contributed by atoms with Gasteiger partial charge >= 0.3 is 12.1 Å². The third-order valence-electron chi connectivity index (χ3n) is 5.27. The number of carbonyl (C=O) groups is 1. The van der Waals surface area contributed by atoms with Gasteiger partial charge in [0.2, 0.25) is 0 Å². The first-order chi connectivity index (χ1) is 16.3. The number of halogens is 3. The van der Waals surface area contributed by atoms with E-state index in [-0.39, 0.29) is 10.9 Å². The predicted octanol–water partition coefficient (Wildman–Crippen LogP) is 7.72. The van der Waals surface area contributed by atoms with Crippen LogP contribution in [0.15, 0.2) is 124 Å². The zero-order valence-electron chi connectivity index (χ0n) is 18.3. The lowest BCUT2D eigenvalue weighted by Gasteiger charge is -2.15. The Labute approximate surface area is 199 Å². The highest BCUT2D eigenvalue weighted by atomic mass is 32.2. The fraction of sp³-hybridized carbons (Fsp3) is 0.107. The summed E-state index contributed by atoms with van der Waals surface area (Å²) >= 11 is 0. The number of carbonyl (C=O) groups excluding carboxylic acids is 1. The molecule has 0 aliphatic heterocycles. The standard InChI is InChI=1S/C28H22F3O2S/c1-20(21-12-16-23(17-13-21)28(29,30)31)33-27(32)22-14-18-26(19-15-22)34(24-8-4-2-5-9-24)25-10-6-3-7-11-25/h2-20H,1H3/q+1. The van der Waals surface area contributed by atoms with Crippen LogP contribution in [0.5, 0.6) is 0 Å². The second kappa shape index (κ2) is 10.2. The van der Waals surface area contributed by atoms with Crippen molar-refractivity contribution in [2.24, 2.45) is 0 Å². The van der Waals surface area contributed by atoms with Crippen LogP contribution in [0.1, 0.15) is 34.5 Å². The van der Waals surface area contributed by atoms with Crippen LogP contribution in [-0.2, 0) is 21.8 Å². The van der Waals surface area contributed by atoms with E-state index in [1.165, 1.54) is 21.9 Å². The Bertz CT molecular complexity index is 1180. The van der Waals surface area contributed by atoms with Gasteiger partial charge in [-0.25, -0.2) is 4.79 Å². The minimum Gasteiger partial charge on any atom is -0.454 e. The molecule has 0 N–H and O–H groups in total. The van der Waals surface area contributed by atoms with Crippen molar-refractivity contribution in [3.63, 3.8) is 0 Å². The van der Waals surface area contributed by atoms with Gasteiger partial charge in [0.1, 0.15) is 6.10 Å². The molecule has 0 aromatic heterocycles. The number of hydrogen-bond acceptors (Lipinski definition) is 2. The maximum atomic E-state index is 12.8. The number of alkyl halides is 3. The van der Waals surface area contributed by atoms with Crippen molar-refractivity contribution in [2.75, 3.05) is 0 Å². The zero-order valence-corrected chi connectivity index (χ0v) is 19.1. The van der Waals surface area contributed by atoms with Gasteiger partial charge in [0.05, 0.1) is 22.0 Å². The van der Waals surface area contributed by atoms with E-state index in [1.54, 1.807) is 19.1 Å². The predicted molar refractivity (Wildman–Crippen MR) is 127 cm³/mol. The second-order valence-electron chi connectivity index (χ2n) is 7.62. The molecule has 4 aromatic rings. The van der Waals surface area contributed by atoms with E-state index in [0.29, 0.717) is 11.1 Å². The molecule has 4 rings (SSSR count). The molecular formula is C28H22F3O2S+. The molecule has 1 atom stereocenters. The second-order valence-corrected chi connectivity index (χ2v) is 9.65. The molecule has 4 aromatic carbocycles. The average molecular weight is 480 g/mol. The highest BCUT2D eigenvalue weighted by molar-refractivity contribution is 7.97. The van der Waals surface area contributed by atoms with Gasteiger partial charge in [0, 0.05) is 0 Å². The summed E-state index contributed by atoms with van der Waals surface area (Å²) in [4.78, 5) is 16.1. The van der Waals surface area contributed by atoms with Gasteiger partial charge in [-0.15, -0.1) is 0 Å². The average Bonchev–Trinajstić information content (AvgIpc) is 2.85. The van der Waals surface area contributed by atoms with E-state index in [2.05, 4.69) is 24.3 Å². The number of rotatable bonds is 6. The molecule has 0 spiro atoms. The van der Waals surface area contributed by atoms with Crippen LogP contribution in [-0.4, -0.2) is 5.97 Å². The highest BCUT2D eigenvalue weighted by Crippen LogP contribution is 2.32. The third kappa shape index (κ3) is 5.51. The van der Waals surface area contributed by atoms with Crippen LogP contribution in [0.3, 0.4) is 0 Å². The monoisotopic (exact) mass is 479 g/mol. The summed E-state index contributed by atoms with van der Waals surface area (Å²) in [5.74, 6) is -0.529. The molecular weight excluding hydrogens is 457 g/mol. The first-order valence-corrected chi connectivity index (χ1v) is 11.9. The van der Waals surface area contributed by atoms with E-state index >= 15 is 0 Å². The van der Waals surface area contributed by atoms with Gasteiger partial charge in [0.15, 0.2) is 14.7 Å². The topological polar surface area (TPSA) is 26.3 Å². The zero-order chi connectivity index (χ0) is 24.1. The summed E-state index contributed by atoms with van der Waals surface area (Å²) in [5, 5.41) is 0. The van der Waals surface area contributed by atoms with Crippen LogP contribution in [0, 0.1) is 0 Å². The van der Waals surface area contributed by atoms with E-state index < -0.39 is 23.8 Å². The smallest absolute Gasteiger partial charge is 0.416 e. The number of hydrogen-bond donors (Lipinski definition) is 0. The number of ether oxygens (including phenoxy) is 1. The van der Waals surface area contributed by atoms with Crippen molar-refractivity contribution in [1.29, 1.82) is 0 Å². The molecule has 6 heteroatoms. The molecule has 0 fully saturated rings. The van der Waals surface area contributed by atoms with Crippen molar-refractivity contribution in [1.82, 2.24) is 0 Å². The van der Waals surface area contributed by atoms with Gasteiger partial charge < -0.3 is 4.74 Å². The number of benzene rings is 4. The van der Waals surface area contributed by atoms with E-state index in [1.807, 2.05) is 48.5 Å². The van der Waals surface area contributed by atoms with Gasteiger partial charge in [-0.05, 0) is 73.2 Å². The Morgan fingerprint density at radius 1 is 0.706 bits per heavy atom. The normalized spacial score (nSPS) is 12.4. The minimum absolute atomic E-state index is 0.330. The molecule has 0 saturated carbocycles. The van der Waals surface area contributed by atoms with Crippen LogP contribution in [0.25, 0.3) is 0 Å². The maximum Gasteiger partial charge on any atom is 0.416 e. The molecule has 0 radical (unpaired) electrons. The first kappa shape index (κ1) is 23.6. The fourth-order valence-electron chi connectivity index (χ4n) is 3.49. The van der Waals surface area contributed by atoms with Crippen molar-refractivity contribution < 1.29 is 22.7 Å². The van der Waals surface area contributed by atoms with Crippen LogP contribution >= 0.6 is 0 Å². The van der Waals surface area contributed by atoms with Crippen LogP contribution in [0.4, 0.5) is 13.2 Å². The van der Waals surface area contributed by atoms with E-state index in [9.17, 15) is 18.0 Å². The summed E-state index contributed by atoms with van der Waals surface area (Å²) in [6, 6.07) is 32.3. The Kier molecular flexibility index (Phi) is 7.08. The Balaban J connectivity index is 1.51. The molecule has 0 aliphatic carbocycles.